The van der Waals surface area contributed by atoms with Crippen LogP contribution < -0.4 is 5.32 Å². The zero-order valence-corrected chi connectivity index (χ0v) is 13.9. The van der Waals surface area contributed by atoms with Crippen molar-refractivity contribution in [3.63, 3.8) is 0 Å². The third-order valence-electron chi connectivity index (χ3n) is 3.25. The Hall–Kier alpha value is -0.690. The summed E-state index contributed by atoms with van der Waals surface area (Å²) in [5.41, 5.74) is 0.833. The summed E-state index contributed by atoms with van der Waals surface area (Å²) in [7, 11) is -1.81. The molecule has 1 aliphatic rings. The first-order valence-electron chi connectivity index (χ1n) is 6.74. The molecule has 6 heteroatoms. The summed E-state index contributed by atoms with van der Waals surface area (Å²) in [6.45, 7) is 8.59. The lowest BCUT2D eigenvalue weighted by molar-refractivity contribution is 0.493. The van der Waals surface area contributed by atoms with Crippen LogP contribution in [-0.4, -0.2) is 32.4 Å². The number of aryl methyl sites for hydroxylation is 1. The maximum Gasteiger partial charge on any atom is 0.244 e. The molecule has 1 aromatic heterocycles. The molecule has 1 saturated carbocycles. The maximum atomic E-state index is 12.5. The lowest BCUT2D eigenvalue weighted by Gasteiger charge is -2.16. The Bertz CT molecular complexity index is 601. The van der Waals surface area contributed by atoms with E-state index in [1.807, 2.05) is 13.8 Å². The van der Waals surface area contributed by atoms with E-state index < -0.39 is 10.0 Å². The number of likely N-dealkylation sites (N-methyl/N-ethyl adjacent to an activating group) is 1. The van der Waals surface area contributed by atoms with Crippen LogP contribution in [0.4, 0.5) is 0 Å². The van der Waals surface area contributed by atoms with Crippen LogP contribution in [0.25, 0.3) is 0 Å². The minimum atomic E-state index is -3.41. The second-order valence-corrected chi connectivity index (χ2v) is 8.86. The van der Waals surface area contributed by atoms with Crippen molar-refractivity contribution in [3.05, 3.63) is 28.0 Å². The molecule has 0 unspecified atom stereocenters. The molecule has 0 aromatic carbocycles. The molecular formula is C14H22N2O2S2. The van der Waals surface area contributed by atoms with Crippen LogP contribution in [0.5, 0.6) is 0 Å². The van der Waals surface area contributed by atoms with E-state index in [1.54, 1.807) is 24.5 Å². The van der Waals surface area contributed by atoms with Gasteiger partial charge < -0.3 is 5.32 Å². The summed E-state index contributed by atoms with van der Waals surface area (Å²) in [5.74, 6) is 0. The lowest BCUT2D eigenvalue weighted by Crippen LogP contribution is -2.28. The molecule has 0 spiro atoms. The van der Waals surface area contributed by atoms with Crippen LogP contribution in [0, 0.1) is 6.92 Å². The first-order chi connectivity index (χ1) is 9.30. The van der Waals surface area contributed by atoms with Crippen LogP contribution in [-0.2, 0) is 16.6 Å². The van der Waals surface area contributed by atoms with Crippen LogP contribution in [0.15, 0.2) is 23.1 Å². The Morgan fingerprint density at radius 3 is 2.75 bits per heavy atom. The molecule has 20 heavy (non-hydrogen) atoms. The van der Waals surface area contributed by atoms with Gasteiger partial charge in [0.25, 0.3) is 0 Å². The predicted octanol–water partition coefficient (Wildman–Crippen LogP) is 2.51. The highest BCUT2D eigenvalue weighted by Gasteiger charge is 2.25. The topological polar surface area (TPSA) is 49.4 Å². The zero-order chi connectivity index (χ0) is 14.9. The van der Waals surface area contributed by atoms with Gasteiger partial charge in [-0.25, -0.2) is 8.42 Å². The summed E-state index contributed by atoms with van der Waals surface area (Å²) in [6.07, 6.45) is 2.47. The fourth-order valence-corrected chi connectivity index (χ4v) is 4.81. The average Bonchev–Trinajstić information content (AvgIpc) is 3.08. The molecular weight excluding hydrogens is 292 g/mol. The minimum absolute atomic E-state index is 0.354. The lowest BCUT2D eigenvalue weighted by atomic mass is 10.4. The fraction of sp³-hybridized carbons (Fsp3) is 0.571. The van der Waals surface area contributed by atoms with Gasteiger partial charge in [0.05, 0.1) is 4.90 Å². The van der Waals surface area contributed by atoms with Crippen LogP contribution >= 0.6 is 11.3 Å². The van der Waals surface area contributed by atoms with Gasteiger partial charge in [-0.1, -0.05) is 12.2 Å². The molecule has 0 amide bonds. The van der Waals surface area contributed by atoms with E-state index in [-0.39, 0.29) is 0 Å². The molecule has 1 heterocycles. The highest BCUT2D eigenvalue weighted by Crippen LogP contribution is 2.29. The van der Waals surface area contributed by atoms with Gasteiger partial charge in [0, 0.05) is 35.9 Å². The predicted molar refractivity (Wildman–Crippen MR) is 83.5 cm³/mol. The van der Waals surface area contributed by atoms with Crippen molar-refractivity contribution in [2.45, 2.75) is 44.2 Å². The van der Waals surface area contributed by atoms with E-state index in [0.717, 1.165) is 21.9 Å². The van der Waals surface area contributed by atoms with Crippen molar-refractivity contribution in [3.8, 4) is 0 Å². The van der Waals surface area contributed by atoms with Crippen molar-refractivity contribution in [2.24, 2.45) is 0 Å². The van der Waals surface area contributed by atoms with Gasteiger partial charge in [0.1, 0.15) is 0 Å². The number of hydrogen-bond acceptors (Lipinski definition) is 4. The number of nitrogens with one attached hydrogen (secondary N) is 1. The SMILES string of the molecule is C=C(C)CN(C)S(=O)(=O)c1cc(CNC2CC2)sc1C. The molecule has 1 aromatic rings. The van der Waals surface area contributed by atoms with Crippen molar-refractivity contribution < 1.29 is 8.42 Å². The van der Waals surface area contributed by atoms with Crippen molar-refractivity contribution in [1.29, 1.82) is 0 Å². The number of hydrogen-bond donors (Lipinski definition) is 1. The monoisotopic (exact) mass is 314 g/mol. The van der Waals surface area contributed by atoms with E-state index in [2.05, 4.69) is 11.9 Å². The Kier molecular flexibility index (Phi) is 4.69. The first-order valence-corrected chi connectivity index (χ1v) is 9.00. The van der Waals surface area contributed by atoms with Crippen LogP contribution in [0.1, 0.15) is 29.5 Å². The highest BCUT2D eigenvalue weighted by molar-refractivity contribution is 7.89. The molecule has 4 nitrogen and oxygen atoms in total. The molecule has 1 N–H and O–H groups in total. The summed E-state index contributed by atoms with van der Waals surface area (Å²) in [4.78, 5) is 2.36. The number of sulfonamides is 1. The van der Waals surface area contributed by atoms with E-state index in [1.165, 1.54) is 17.1 Å². The second kappa shape index (κ2) is 5.97. The van der Waals surface area contributed by atoms with Gasteiger partial charge in [0.2, 0.25) is 10.0 Å². The smallest absolute Gasteiger partial charge is 0.244 e. The maximum absolute atomic E-state index is 12.5. The average molecular weight is 314 g/mol. The molecule has 2 rings (SSSR count). The van der Waals surface area contributed by atoms with Gasteiger partial charge in [-0.3, -0.25) is 0 Å². The standard InChI is InChI=1S/C14H22N2O2S2/c1-10(2)9-16(4)20(17,18)14-7-13(19-11(14)3)8-15-12-5-6-12/h7,12,15H,1,5-6,8-9H2,2-4H3. The summed E-state index contributed by atoms with van der Waals surface area (Å²) >= 11 is 1.56. The molecule has 0 saturated heterocycles. The molecule has 0 bridgehead atoms. The quantitative estimate of drug-likeness (QED) is 0.787. The molecule has 1 fully saturated rings. The minimum Gasteiger partial charge on any atom is -0.309 e. The van der Waals surface area contributed by atoms with Gasteiger partial charge in [-0.15, -0.1) is 11.3 Å². The molecule has 1 aliphatic carbocycles. The summed E-state index contributed by atoms with van der Waals surface area (Å²) in [6, 6.07) is 2.43. The number of rotatable bonds is 7. The molecule has 0 radical (unpaired) electrons. The Morgan fingerprint density at radius 2 is 2.20 bits per heavy atom. The first kappa shape index (κ1) is 15.7. The largest absolute Gasteiger partial charge is 0.309 e. The Morgan fingerprint density at radius 1 is 1.55 bits per heavy atom. The van der Waals surface area contributed by atoms with Crippen molar-refractivity contribution >= 4 is 21.4 Å². The van der Waals surface area contributed by atoms with E-state index in [4.69, 9.17) is 0 Å². The zero-order valence-electron chi connectivity index (χ0n) is 12.3. The normalized spacial score (nSPS) is 15.8. The van der Waals surface area contributed by atoms with Crippen molar-refractivity contribution in [1.82, 2.24) is 9.62 Å². The third kappa shape index (κ3) is 3.69. The Balaban J connectivity index is 2.15. The second-order valence-electron chi connectivity index (χ2n) is 5.51. The van der Waals surface area contributed by atoms with Gasteiger partial charge >= 0.3 is 0 Å². The van der Waals surface area contributed by atoms with E-state index in [9.17, 15) is 8.42 Å². The van der Waals surface area contributed by atoms with Gasteiger partial charge in [-0.2, -0.15) is 4.31 Å². The molecule has 0 aliphatic heterocycles. The molecule has 112 valence electrons. The van der Waals surface area contributed by atoms with Gasteiger partial charge in [0.15, 0.2) is 0 Å². The summed E-state index contributed by atoms with van der Waals surface area (Å²) in [5, 5.41) is 3.41. The third-order valence-corrected chi connectivity index (χ3v) is 6.36. The van der Waals surface area contributed by atoms with Crippen LogP contribution in [0.2, 0.25) is 0 Å². The van der Waals surface area contributed by atoms with Gasteiger partial charge in [-0.05, 0) is 32.8 Å². The van der Waals surface area contributed by atoms with Crippen molar-refractivity contribution in [2.75, 3.05) is 13.6 Å². The van der Waals surface area contributed by atoms with Crippen LogP contribution in [0.3, 0.4) is 0 Å². The van der Waals surface area contributed by atoms with E-state index >= 15 is 0 Å². The number of nitrogens with zero attached hydrogens (tertiary/aromatic N) is 1. The van der Waals surface area contributed by atoms with E-state index in [0.29, 0.717) is 17.5 Å². The Labute approximate surface area is 125 Å². The fourth-order valence-electron chi connectivity index (χ4n) is 2.03. The highest BCUT2D eigenvalue weighted by atomic mass is 32.2. The molecule has 0 atom stereocenters. The number of thiophene rings is 1. The summed E-state index contributed by atoms with van der Waals surface area (Å²) < 4.78 is 26.4.